The molecule has 8 heteroatoms. The molecule has 1 aromatic carbocycles. The first-order chi connectivity index (χ1) is 12.3. The van der Waals surface area contributed by atoms with Crippen molar-refractivity contribution in [2.75, 3.05) is 13.1 Å². The summed E-state index contributed by atoms with van der Waals surface area (Å²) >= 11 is 1.71. The highest BCUT2D eigenvalue weighted by Crippen LogP contribution is 2.23. The first kappa shape index (κ1) is 23.3. The molecule has 0 fully saturated rings. The van der Waals surface area contributed by atoms with Gasteiger partial charge in [0, 0.05) is 35.2 Å². The number of hydrogen-bond acceptors (Lipinski definition) is 4. The number of imidazole rings is 1. The van der Waals surface area contributed by atoms with Crippen LogP contribution >= 0.6 is 36.6 Å². The van der Waals surface area contributed by atoms with Crippen molar-refractivity contribution in [3.63, 3.8) is 0 Å². The second-order valence-corrected chi connectivity index (χ2v) is 6.81. The summed E-state index contributed by atoms with van der Waals surface area (Å²) in [4.78, 5) is 17.7. The summed E-state index contributed by atoms with van der Waals surface area (Å²) in [5, 5.41) is 2.91. The predicted octanol–water partition coefficient (Wildman–Crippen LogP) is 3.94. The van der Waals surface area contributed by atoms with Crippen molar-refractivity contribution in [2.45, 2.75) is 23.5 Å². The maximum atomic E-state index is 12.0. The standard InChI is InChI=1S/C19H22N4OS.2ClH/c20-10-2-3-11-21-19(24)15-6-8-17(9-7-15)25-14-16-13-23-12-4-1-5-18(23)22-16;;/h1,4-9,12-13H,2-3,10-11,14,20H2,(H,21,24);2*1H. The Morgan fingerprint density at radius 1 is 1.11 bits per heavy atom. The lowest BCUT2D eigenvalue weighted by Crippen LogP contribution is -2.24. The molecule has 0 bridgehead atoms. The molecular formula is C19H24Cl2N4OS. The van der Waals surface area contributed by atoms with Crippen LogP contribution in [0.1, 0.15) is 28.9 Å². The van der Waals surface area contributed by atoms with Gasteiger partial charge in [0.1, 0.15) is 5.65 Å². The van der Waals surface area contributed by atoms with Crippen LogP contribution in [-0.4, -0.2) is 28.4 Å². The van der Waals surface area contributed by atoms with Crippen molar-refractivity contribution in [3.8, 4) is 0 Å². The lowest BCUT2D eigenvalue weighted by atomic mass is 10.2. The van der Waals surface area contributed by atoms with E-state index in [4.69, 9.17) is 5.73 Å². The largest absolute Gasteiger partial charge is 0.352 e. The van der Waals surface area contributed by atoms with E-state index in [1.807, 2.05) is 59.3 Å². The van der Waals surface area contributed by atoms with E-state index in [1.165, 1.54) is 0 Å². The average Bonchev–Trinajstić information content (AvgIpc) is 3.07. The van der Waals surface area contributed by atoms with Crippen molar-refractivity contribution >= 4 is 48.1 Å². The van der Waals surface area contributed by atoms with Crippen LogP contribution < -0.4 is 11.1 Å². The van der Waals surface area contributed by atoms with Crippen LogP contribution in [-0.2, 0) is 5.75 Å². The van der Waals surface area contributed by atoms with Gasteiger partial charge in [-0.1, -0.05) is 6.07 Å². The average molecular weight is 427 g/mol. The minimum atomic E-state index is -0.0334. The number of nitrogens with one attached hydrogen (secondary N) is 1. The fourth-order valence-corrected chi connectivity index (χ4v) is 3.27. The highest BCUT2D eigenvalue weighted by molar-refractivity contribution is 7.98. The molecule has 146 valence electrons. The number of pyridine rings is 1. The van der Waals surface area contributed by atoms with Crippen molar-refractivity contribution in [2.24, 2.45) is 5.73 Å². The topological polar surface area (TPSA) is 72.4 Å². The van der Waals surface area contributed by atoms with Gasteiger partial charge in [-0.2, -0.15) is 0 Å². The maximum absolute atomic E-state index is 12.0. The molecule has 0 aliphatic rings. The van der Waals surface area contributed by atoms with E-state index in [2.05, 4.69) is 10.3 Å². The number of nitrogens with zero attached hydrogens (tertiary/aromatic N) is 2. The van der Waals surface area contributed by atoms with Crippen LogP contribution in [0.5, 0.6) is 0 Å². The molecular weight excluding hydrogens is 403 g/mol. The molecule has 3 N–H and O–H groups in total. The van der Waals surface area contributed by atoms with Crippen molar-refractivity contribution < 1.29 is 4.79 Å². The summed E-state index contributed by atoms with van der Waals surface area (Å²) in [7, 11) is 0. The van der Waals surface area contributed by atoms with Crippen molar-refractivity contribution in [1.82, 2.24) is 14.7 Å². The Morgan fingerprint density at radius 2 is 1.89 bits per heavy atom. The molecule has 0 aliphatic carbocycles. The van der Waals surface area contributed by atoms with Gasteiger partial charge >= 0.3 is 0 Å². The zero-order valence-electron chi connectivity index (χ0n) is 14.8. The molecule has 3 rings (SSSR count). The smallest absolute Gasteiger partial charge is 0.251 e. The van der Waals surface area contributed by atoms with E-state index >= 15 is 0 Å². The number of aromatic nitrogens is 2. The Bertz CT molecular complexity index is 806. The number of nitrogens with two attached hydrogens (primary N) is 1. The molecule has 0 saturated carbocycles. The third-order valence-corrected chi connectivity index (χ3v) is 4.88. The Kier molecular flexibility index (Phi) is 10.3. The van der Waals surface area contributed by atoms with Gasteiger partial charge in [0.25, 0.3) is 5.91 Å². The molecule has 0 aliphatic heterocycles. The van der Waals surface area contributed by atoms with Gasteiger partial charge in [0.05, 0.1) is 5.69 Å². The molecule has 0 spiro atoms. The summed E-state index contributed by atoms with van der Waals surface area (Å²) in [6, 6.07) is 13.7. The van der Waals surface area contributed by atoms with Crippen molar-refractivity contribution in [1.29, 1.82) is 0 Å². The SMILES string of the molecule is Cl.Cl.NCCCCNC(=O)c1ccc(SCc2cn3ccccc3n2)cc1. The van der Waals surface area contributed by atoms with E-state index in [9.17, 15) is 4.79 Å². The molecule has 0 radical (unpaired) electrons. The summed E-state index contributed by atoms with van der Waals surface area (Å²) in [5.41, 5.74) is 8.13. The number of halogens is 2. The van der Waals surface area contributed by atoms with Gasteiger partial charge in [0.15, 0.2) is 0 Å². The summed E-state index contributed by atoms with van der Waals surface area (Å²) in [6.07, 6.45) is 5.89. The van der Waals surface area contributed by atoms with E-state index in [-0.39, 0.29) is 30.7 Å². The number of amides is 1. The van der Waals surface area contributed by atoms with Gasteiger partial charge in [0.2, 0.25) is 0 Å². The number of carbonyl (C=O) groups excluding carboxylic acids is 1. The molecule has 2 aromatic heterocycles. The Labute approximate surface area is 175 Å². The first-order valence-electron chi connectivity index (χ1n) is 8.40. The van der Waals surface area contributed by atoms with Crippen LogP contribution in [0, 0.1) is 0 Å². The van der Waals surface area contributed by atoms with Crippen LogP contribution in [0.4, 0.5) is 0 Å². The number of thioether (sulfide) groups is 1. The maximum Gasteiger partial charge on any atom is 0.251 e. The summed E-state index contributed by atoms with van der Waals surface area (Å²) < 4.78 is 2.02. The molecule has 5 nitrogen and oxygen atoms in total. The lowest BCUT2D eigenvalue weighted by molar-refractivity contribution is 0.0953. The number of unbranched alkanes of at least 4 members (excludes halogenated alkanes) is 1. The molecule has 1 amide bonds. The second kappa shape index (κ2) is 11.9. The monoisotopic (exact) mass is 426 g/mol. The van der Waals surface area contributed by atoms with Crippen LogP contribution in [0.25, 0.3) is 5.65 Å². The number of hydrogen-bond donors (Lipinski definition) is 2. The van der Waals surface area contributed by atoms with Gasteiger partial charge in [-0.3, -0.25) is 4.79 Å². The highest BCUT2D eigenvalue weighted by Gasteiger charge is 2.06. The van der Waals surface area contributed by atoms with Gasteiger partial charge < -0.3 is 15.5 Å². The number of carbonyl (C=O) groups is 1. The van der Waals surface area contributed by atoms with E-state index in [1.54, 1.807) is 11.8 Å². The van der Waals surface area contributed by atoms with Gasteiger partial charge in [-0.15, -0.1) is 36.6 Å². The third-order valence-electron chi connectivity index (χ3n) is 3.83. The van der Waals surface area contributed by atoms with Gasteiger partial charge in [-0.25, -0.2) is 4.98 Å². The normalized spacial score (nSPS) is 10.1. The minimum Gasteiger partial charge on any atom is -0.352 e. The Morgan fingerprint density at radius 3 is 2.59 bits per heavy atom. The van der Waals surface area contributed by atoms with Gasteiger partial charge in [-0.05, 0) is 55.8 Å². The van der Waals surface area contributed by atoms with Crippen molar-refractivity contribution in [3.05, 3.63) is 66.1 Å². The Balaban J connectivity index is 0.00000182. The third kappa shape index (κ3) is 6.74. The zero-order valence-corrected chi connectivity index (χ0v) is 17.3. The highest BCUT2D eigenvalue weighted by atomic mass is 35.5. The van der Waals surface area contributed by atoms with Crippen LogP contribution in [0.2, 0.25) is 0 Å². The molecule has 3 aromatic rings. The van der Waals surface area contributed by atoms with Crippen LogP contribution in [0.15, 0.2) is 59.8 Å². The first-order valence-corrected chi connectivity index (χ1v) is 9.38. The molecule has 2 heterocycles. The molecule has 27 heavy (non-hydrogen) atoms. The van der Waals surface area contributed by atoms with E-state index in [0.29, 0.717) is 18.7 Å². The zero-order chi connectivity index (χ0) is 17.5. The quantitative estimate of drug-likeness (QED) is 0.422. The Hall–Kier alpha value is -1.73. The lowest BCUT2D eigenvalue weighted by Gasteiger charge is -2.05. The molecule has 0 unspecified atom stereocenters. The van der Waals surface area contributed by atoms with Crippen LogP contribution in [0.3, 0.4) is 0 Å². The second-order valence-electron chi connectivity index (χ2n) is 5.76. The number of fused-ring (bicyclic) bond motifs is 1. The summed E-state index contributed by atoms with van der Waals surface area (Å²) in [5.74, 6) is 0.765. The fourth-order valence-electron chi connectivity index (χ4n) is 2.49. The number of rotatable bonds is 8. The predicted molar refractivity (Wildman–Crippen MR) is 116 cm³/mol. The fraction of sp³-hybridized carbons (Fsp3) is 0.263. The minimum absolute atomic E-state index is 0. The molecule has 0 atom stereocenters. The van der Waals surface area contributed by atoms with E-state index in [0.717, 1.165) is 34.8 Å². The van der Waals surface area contributed by atoms with E-state index < -0.39 is 0 Å². The number of benzene rings is 1. The molecule has 0 saturated heterocycles. The summed E-state index contributed by atoms with van der Waals surface area (Å²) in [6.45, 7) is 1.33.